The highest BCUT2D eigenvalue weighted by Crippen LogP contribution is 2.30. The van der Waals surface area contributed by atoms with E-state index in [9.17, 15) is 10.1 Å². The average molecular weight is 308 g/mol. The molecule has 0 aromatic heterocycles. The van der Waals surface area contributed by atoms with Crippen molar-refractivity contribution in [2.45, 2.75) is 0 Å². The predicted molar refractivity (Wildman–Crippen MR) is 74.9 cm³/mol. The SMILES string of the molecule is Nc1cc([N+](=O)[O-])ccc1Nc1ccccc1Br. The van der Waals surface area contributed by atoms with Gasteiger partial charge in [0.2, 0.25) is 0 Å². The highest BCUT2D eigenvalue weighted by molar-refractivity contribution is 9.10. The summed E-state index contributed by atoms with van der Waals surface area (Å²) in [6.07, 6.45) is 0. The molecule has 0 aliphatic rings. The van der Waals surface area contributed by atoms with Crippen LogP contribution in [0, 0.1) is 10.1 Å². The molecule has 0 aliphatic carbocycles. The zero-order valence-electron chi connectivity index (χ0n) is 9.26. The van der Waals surface area contributed by atoms with Crippen LogP contribution in [0.15, 0.2) is 46.9 Å². The Labute approximate surface area is 112 Å². The van der Waals surface area contributed by atoms with Crippen molar-refractivity contribution in [2.75, 3.05) is 11.1 Å². The first-order valence-electron chi connectivity index (χ1n) is 5.13. The predicted octanol–water partition coefficient (Wildman–Crippen LogP) is 3.68. The van der Waals surface area contributed by atoms with Gasteiger partial charge in [-0.15, -0.1) is 0 Å². The molecular formula is C12H10BrN3O2. The Balaban J connectivity index is 2.30. The Morgan fingerprint density at radius 2 is 1.89 bits per heavy atom. The maximum atomic E-state index is 10.6. The summed E-state index contributed by atoms with van der Waals surface area (Å²) in [6, 6.07) is 11.9. The topological polar surface area (TPSA) is 81.2 Å². The van der Waals surface area contributed by atoms with Gasteiger partial charge in [0.1, 0.15) is 0 Å². The molecule has 0 atom stereocenters. The Morgan fingerprint density at radius 1 is 1.17 bits per heavy atom. The second kappa shape index (κ2) is 5.05. The first-order valence-corrected chi connectivity index (χ1v) is 5.92. The summed E-state index contributed by atoms with van der Waals surface area (Å²) in [5.74, 6) is 0. The van der Waals surface area contributed by atoms with Crippen molar-refractivity contribution in [3.63, 3.8) is 0 Å². The maximum absolute atomic E-state index is 10.6. The molecule has 92 valence electrons. The van der Waals surface area contributed by atoms with Crippen molar-refractivity contribution in [2.24, 2.45) is 0 Å². The van der Waals surface area contributed by atoms with Crippen LogP contribution in [0.1, 0.15) is 0 Å². The van der Waals surface area contributed by atoms with Crippen LogP contribution in [-0.4, -0.2) is 4.92 Å². The third-order valence-corrected chi connectivity index (χ3v) is 3.08. The molecule has 0 fully saturated rings. The number of nitrogens with zero attached hydrogens (tertiary/aromatic N) is 1. The number of nitrogens with one attached hydrogen (secondary N) is 1. The van der Waals surface area contributed by atoms with Gasteiger partial charge in [0.05, 0.1) is 22.0 Å². The molecule has 2 rings (SSSR count). The molecule has 0 saturated heterocycles. The quantitative estimate of drug-likeness (QED) is 0.515. The third kappa shape index (κ3) is 2.60. The number of benzene rings is 2. The molecule has 2 aromatic carbocycles. The number of rotatable bonds is 3. The Bertz CT molecular complexity index is 602. The molecule has 0 unspecified atom stereocenters. The maximum Gasteiger partial charge on any atom is 0.271 e. The van der Waals surface area contributed by atoms with E-state index in [0.717, 1.165) is 10.2 Å². The lowest BCUT2D eigenvalue weighted by atomic mass is 10.2. The zero-order valence-corrected chi connectivity index (χ0v) is 10.8. The van der Waals surface area contributed by atoms with Crippen molar-refractivity contribution >= 4 is 38.7 Å². The van der Waals surface area contributed by atoms with Gasteiger partial charge in [0, 0.05) is 16.6 Å². The van der Waals surface area contributed by atoms with E-state index in [1.54, 1.807) is 6.07 Å². The van der Waals surface area contributed by atoms with E-state index >= 15 is 0 Å². The molecular weight excluding hydrogens is 298 g/mol. The summed E-state index contributed by atoms with van der Waals surface area (Å²) < 4.78 is 0.891. The molecule has 5 nitrogen and oxygen atoms in total. The van der Waals surface area contributed by atoms with Crippen LogP contribution in [0.5, 0.6) is 0 Å². The van der Waals surface area contributed by atoms with Gasteiger partial charge in [-0.2, -0.15) is 0 Å². The van der Waals surface area contributed by atoms with Crippen molar-refractivity contribution in [1.82, 2.24) is 0 Å². The monoisotopic (exact) mass is 307 g/mol. The van der Waals surface area contributed by atoms with Gasteiger partial charge in [-0.1, -0.05) is 12.1 Å². The Kier molecular flexibility index (Phi) is 3.47. The molecule has 6 heteroatoms. The van der Waals surface area contributed by atoms with Gasteiger partial charge in [0.15, 0.2) is 0 Å². The number of nitro groups is 1. The molecule has 0 spiro atoms. The normalized spacial score (nSPS) is 10.1. The van der Waals surface area contributed by atoms with E-state index in [-0.39, 0.29) is 5.69 Å². The third-order valence-electron chi connectivity index (χ3n) is 2.39. The minimum absolute atomic E-state index is 0.0230. The van der Waals surface area contributed by atoms with Gasteiger partial charge in [0.25, 0.3) is 5.69 Å². The molecule has 0 radical (unpaired) electrons. The molecule has 0 heterocycles. The largest absolute Gasteiger partial charge is 0.397 e. The highest BCUT2D eigenvalue weighted by Gasteiger charge is 2.09. The van der Waals surface area contributed by atoms with Crippen LogP contribution in [0.2, 0.25) is 0 Å². The highest BCUT2D eigenvalue weighted by atomic mass is 79.9. The van der Waals surface area contributed by atoms with Crippen LogP contribution in [0.3, 0.4) is 0 Å². The van der Waals surface area contributed by atoms with E-state index < -0.39 is 4.92 Å². The van der Waals surface area contributed by atoms with Crippen molar-refractivity contribution < 1.29 is 4.92 Å². The van der Waals surface area contributed by atoms with Gasteiger partial charge in [-0.3, -0.25) is 10.1 Å². The second-order valence-corrected chi connectivity index (χ2v) is 4.49. The van der Waals surface area contributed by atoms with Gasteiger partial charge < -0.3 is 11.1 Å². The fraction of sp³-hybridized carbons (Fsp3) is 0. The number of nitrogen functional groups attached to an aromatic ring is 1. The number of non-ortho nitro benzene ring substituents is 1. The number of hydrogen-bond donors (Lipinski definition) is 2. The lowest BCUT2D eigenvalue weighted by Gasteiger charge is -2.10. The number of hydrogen-bond acceptors (Lipinski definition) is 4. The second-order valence-electron chi connectivity index (χ2n) is 3.63. The van der Waals surface area contributed by atoms with Crippen molar-refractivity contribution in [3.05, 3.63) is 57.1 Å². The minimum atomic E-state index is -0.474. The van der Waals surface area contributed by atoms with Crippen LogP contribution < -0.4 is 11.1 Å². The van der Waals surface area contributed by atoms with Crippen molar-refractivity contribution in [3.8, 4) is 0 Å². The minimum Gasteiger partial charge on any atom is -0.397 e. The summed E-state index contributed by atoms with van der Waals surface area (Å²) in [5, 5.41) is 13.7. The molecule has 3 N–H and O–H groups in total. The lowest BCUT2D eigenvalue weighted by molar-refractivity contribution is -0.384. The van der Waals surface area contributed by atoms with E-state index in [1.807, 2.05) is 24.3 Å². The standard InChI is InChI=1S/C12H10BrN3O2/c13-9-3-1-2-4-11(9)15-12-6-5-8(16(17)18)7-10(12)14/h1-7,15H,14H2. The molecule has 0 amide bonds. The number of nitro benzene ring substituents is 1. The van der Waals surface area contributed by atoms with Crippen LogP contribution >= 0.6 is 15.9 Å². The summed E-state index contributed by atoms with van der Waals surface area (Å²) in [6.45, 7) is 0. The zero-order chi connectivity index (χ0) is 13.1. The average Bonchev–Trinajstić information content (AvgIpc) is 2.34. The van der Waals surface area contributed by atoms with Gasteiger partial charge in [-0.05, 0) is 34.1 Å². The molecule has 0 bridgehead atoms. The Morgan fingerprint density at radius 3 is 2.50 bits per heavy atom. The van der Waals surface area contributed by atoms with Crippen LogP contribution in [0.25, 0.3) is 0 Å². The van der Waals surface area contributed by atoms with Crippen molar-refractivity contribution in [1.29, 1.82) is 0 Å². The smallest absolute Gasteiger partial charge is 0.271 e. The fourth-order valence-electron chi connectivity index (χ4n) is 1.49. The summed E-state index contributed by atoms with van der Waals surface area (Å²) in [5.41, 5.74) is 7.56. The lowest BCUT2D eigenvalue weighted by Crippen LogP contribution is -1.98. The summed E-state index contributed by atoms with van der Waals surface area (Å²) in [4.78, 5) is 10.1. The van der Waals surface area contributed by atoms with Crippen LogP contribution in [0.4, 0.5) is 22.7 Å². The summed E-state index contributed by atoms with van der Waals surface area (Å²) in [7, 11) is 0. The van der Waals surface area contributed by atoms with Crippen LogP contribution in [-0.2, 0) is 0 Å². The molecule has 2 aromatic rings. The van der Waals surface area contributed by atoms with E-state index in [1.165, 1.54) is 12.1 Å². The fourth-order valence-corrected chi connectivity index (χ4v) is 1.87. The Hall–Kier alpha value is -2.08. The molecule has 18 heavy (non-hydrogen) atoms. The first kappa shape index (κ1) is 12.4. The molecule has 0 saturated carbocycles. The summed E-state index contributed by atoms with van der Waals surface area (Å²) >= 11 is 3.40. The number of nitrogens with two attached hydrogens (primary N) is 1. The van der Waals surface area contributed by atoms with Gasteiger partial charge >= 0.3 is 0 Å². The number of para-hydroxylation sites is 1. The van der Waals surface area contributed by atoms with E-state index in [2.05, 4.69) is 21.2 Å². The van der Waals surface area contributed by atoms with E-state index in [0.29, 0.717) is 11.4 Å². The van der Waals surface area contributed by atoms with E-state index in [4.69, 9.17) is 5.73 Å². The first-order chi connectivity index (χ1) is 8.58. The van der Waals surface area contributed by atoms with Gasteiger partial charge in [-0.25, -0.2) is 0 Å². The number of anilines is 3. The molecule has 0 aliphatic heterocycles. The number of halogens is 1.